The zero-order chi connectivity index (χ0) is 15.6. The molecule has 2 rings (SSSR count). The van der Waals surface area contributed by atoms with Gasteiger partial charge < -0.3 is 15.8 Å². The Morgan fingerprint density at radius 2 is 2.00 bits per heavy atom. The second kappa shape index (κ2) is 5.78. The average Bonchev–Trinajstić information content (AvgIpc) is 2.46. The van der Waals surface area contributed by atoms with Gasteiger partial charge in [0.2, 0.25) is 0 Å². The van der Waals surface area contributed by atoms with Gasteiger partial charge in [-0.2, -0.15) is 0 Å². The quantitative estimate of drug-likeness (QED) is 0.672. The number of ether oxygens (including phenoxy) is 1. The number of benzene rings is 2. The lowest BCUT2D eigenvalue weighted by Gasteiger charge is -2.13. The van der Waals surface area contributed by atoms with E-state index in [4.69, 9.17) is 5.73 Å². The number of aryl methyl sites for hydroxylation is 1. The number of nitrogen functional groups attached to an aromatic ring is 1. The van der Waals surface area contributed by atoms with Crippen LogP contribution in [-0.2, 0) is 4.74 Å². The van der Waals surface area contributed by atoms with Crippen molar-refractivity contribution < 1.29 is 18.3 Å². The van der Waals surface area contributed by atoms with E-state index in [1.54, 1.807) is 13.0 Å². The Kier molecular flexibility index (Phi) is 4.07. The lowest BCUT2D eigenvalue weighted by atomic mass is 10.1. The Morgan fingerprint density at radius 3 is 2.67 bits per heavy atom. The molecule has 21 heavy (non-hydrogen) atoms. The molecular formula is C15H14F2N2O2. The highest BCUT2D eigenvalue weighted by Gasteiger charge is 2.15. The molecule has 6 heteroatoms. The predicted octanol–water partition coefficient (Wildman–Crippen LogP) is 3.39. The highest BCUT2D eigenvalue weighted by atomic mass is 19.2. The van der Waals surface area contributed by atoms with Gasteiger partial charge in [0.15, 0.2) is 11.6 Å². The number of carbonyl (C=O) groups excluding carboxylic acids is 1. The maximum Gasteiger partial charge on any atom is 0.340 e. The van der Waals surface area contributed by atoms with Gasteiger partial charge in [-0.3, -0.25) is 0 Å². The summed E-state index contributed by atoms with van der Waals surface area (Å²) in [5.41, 5.74) is 7.26. The molecule has 0 saturated heterocycles. The molecule has 0 aromatic heterocycles. The molecule has 0 aliphatic carbocycles. The first-order valence-corrected chi connectivity index (χ1v) is 6.13. The standard InChI is InChI=1S/C15H14F2N2O2/c1-8-6-9(7-10(14(8)18)15(20)21-2)19-12-5-3-4-11(16)13(12)17/h3-7,19H,18H2,1-2H3. The molecule has 0 amide bonds. The van der Waals surface area contributed by atoms with E-state index in [-0.39, 0.29) is 16.9 Å². The average molecular weight is 292 g/mol. The Labute approximate surface area is 120 Å². The first-order chi connectivity index (χ1) is 9.93. The molecule has 0 atom stereocenters. The van der Waals surface area contributed by atoms with Gasteiger partial charge in [-0.25, -0.2) is 13.6 Å². The molecule has 0 saturated carbocycles. The van der Waals surface area contributed by atoms with Crippen LogP contribution < -0.4 is 11.1 Å². The highest BCUT2D eigenvalue weighted by molar-refractivity contribution is 5.97. The second-order valence-corrected chi connectivity index (χ2v) is 4.47. The number of hydrogen-bond acceptors (Lipinski definition) is 4. The van der Waals surface area contributed by atoms with Crippen LogP contribution in [0.4, 0.5) is 25.8 Å². The van der Waals surface area contributed by atoms with Crippen LogP contribution in [0.5, 0.6) is 0 Å². The van der Waals surface area contributed by atoms with Gasteiger partial charge in [0.1, 0.15) is 0 Å². The minimum absolute atomic E-state index is 0.0324. The first kappa shape index (κ1) is 14.8. The molecule has 2 aromatic carbocycles. The Morgan fingerprint density at radius 1 is 1.29 bits per heavy atom. The summed E-state index contributed by atoms with van der Waals surface area (Å²) in [6.07, 6.45) is 0. The van der Waals surface area contributed by atoms with Crippen molar-refractivity contribution in [2.45, 2.75) is 6.92 Å². The topological polar surface area (TPSA) is 64.3 Å². The van der Waals surface area contributed by atoms with Crippen molar-refractivity contribution in [2.75, 3.05) is 18.2 Å². The van der Waals surface area contributed by atoms with E-state index in [2.05, 4.69) is 10.1 Å². The zero-order valence-corrected chi connectivity index (χ0v) is 11.5. The molecule has 3 N–H and O–H groups in total. The summed E-state index contributed by atoms with van der Waals surface area (Å²) in [6, 6.07) is 6.85. The van der Waals surface area contributed by atoms with Crippen molar-refractivity contribution in [1.82, 2.24) is 0 Å². The van der Waals surface area contributed by atoms with Crippen LogP contribution in [0.25, 0.3) is 0 Å². The van der Waals surface area contributed by atoms with E-state index in [1.807, 2.05) is 0 Å². The Bertz CT molecular complexity index is 702. The molecule has 0 unspecified atom stereocenters. The van der Waals surface area contributed by atoms with Crippen molar-refractivity contribution >= 4 is 23.0 Å². The van der Waals surface area contributed by atoms with Gasteiger partial charge >= 0.3 is 5.97 Å². The van der Waals surface area contributed by atoms with Crippen molar-refractivity contribution in [3.05, 3.63) is 53.1 Å². The van der Waals surface area contributed by atoms with Gasteiger partial charge in [-0.05, 0) is 36.8 Å². The summed E-state index contributed by atoms with van der Waals surface area (Å²) >= 11 is 0. The van der Waals surface area contributed by atoms with Crippen LogP contribution in [0, 0.1) is 18.6 Å². The van der Waals surface area contributed by atoms with Crippen LogP contribution >= 0.6 is 0 Å². The maximum atomic E-state index is 13.6. The molecule has 0 aliphatic heterocycles. The maximum absolute atomic E-state index is 13.6. The van der Waals surface area contributed by atoms with Crippen LogP contribution in [0.15, 0.2) is 30.3 Å². The third-order valence-electron chi connectivity index (χ3n) is 3.02. The Hall–Kier alpha value is -2.63. The van der Waals surface area contributed by atoms with Crippen LogP contribution in [0.3, 0.4) is 0 Å². The molecule has 0 fully saturated rings. The van der Waals surface area contributed by atoms with Crippen molar-refractivity contribution in [3.63, 3.8) is 0 Å². The van der Waals surface area contributed by atoms with E-state index in [9.17, 15) is 13.6 Å². The SMILES string of the molecule is COC(=O)c1cc(Nc2cccc(F)c2F)cc(C)c1N. The Balaban J connectivity index is 2.43. The van der Waals surface area contributed by atoms with Crippen molar-refractivity contribution in [1.29, 1.82) is 0 Å². The lowest BCUT2D eigenvalue weighted by Crippen LogP contribution is -2.08. The molecular weight excluding hydrogens is 278 g/mol. The van der Waals surface area contributed by atoms with E-state index < -0.39 is 17.6 Å². The van der Waals surface area contributed by atoms with Gasteiger partial charge in [0, 0.05) is 11.4 Å². The van der Waals surface area contributed by atoms with Crippen molar-refractivity contribution in [2.24, 2.45) is 0 Å². The van der Waals surface area contributed by atoms with Crippen LogP contribution in [0.1, 0.15) is 15.9 Å². The fourth-order valence-corrected chi connectivity index (χ4v) is 1.91. The zero-order valence-electron chi connectivity index (χ0n) is 11.5. The predicted molar refractivity (Wildman–Crippen MR) is 76.6 cm³/mol. The molecule has 0 spiro atoms. The number of methoxy groups -OCH3 is 1. The smallest absolute Gasteiger partial charge is 0.340 e. The van der Waals surface area contributed by atoms with E-state index in [0.717, 1.165) is 6.07 Å². The van der Waals surface area contributed by atoms with E-state index >= 15 is 0 Å². The van der Waals surface area contributed by atoms with Gasteiger partial charge in [0.25, 0.3) is 0 Å². The fourth-order valence-electron chi connectivity index (χ4n) is 1.91. The number of hydrogen-bond donors (Lipinski definition) is 2. The number of rotatable bonds is 3. The van der Waals surface area contributed by atoms with Crippen LogP contribution in [0.2, 0.25) is 0 Å². The normalized spacial score (nSPS) is 10.3. The number of nitrogens with two attached hydrogens (primary N) is 1. The number of esters is 1. The molecule has 0 heterocycles. The van der Waals surface area contributed by atoms with E-state index in [0.29, 0.717) is 11.3 Å². The summed E-state index contributed by atoms with van der Waals surface area (Å²) < 4.78 is 31.5. The lowest BCUT2D eigenvalue weighted by molar-refractivity contribution is 0.0602. The third-order valence-corrected chi connectivity index (χ3v) is 3.02. The van der Waals surface area contributed by atoms with Gasteiger partial charge in [0.05, 0.1) is 18.4 Å². The molecule has 110 valence electrons. The third kappa shape index (κ3) is 2.94. The number of carbonyl (C=O) groups is 1. The summed E-state index contributed by atoms with van der Waals surface area (Å²) in [7, 11) is 1.24. The first-order valence-electron chi connectivity index (χ1n) is 6.13. The number of anilines is 3. The largest absolute Gasteiger partial charge is 0.465 e. The molecule has 0 radical (unpaired) electrons. The highest BCUT2D eigenvalue weighted by Crippen LogP contribution is 2.27. The minimum Gasteiger partial charge on any atom is -0.465 e. The van der Waals surface area contributed by atoms with E-state index in [1.165, 1.54) is 25.3 Å². The molecule has 2 aromatic rings. The monoisotopic (exact) mass is 292 g/mol. The summed E-state index contributed by atoms with van der Waals surface area (Å²) in [4.78, 5) is 11.6. The molecule has 0 bridgehead atoms. The van der Waals surface area contributed by atoms with Crippen LogP contribution in [-0.4, -0.2) is 13.1 Å². The summed E-state index contributed by atoms with van der Waals surface area (Å²) in [5, 5.41) is 2.72. The molecule has 4 nitrogen and oxygen atoms in total. The van der Waals surface area contributed by atoms with Gasteiger partial charge in [-0.1, -0.05) is 6.07 Å². The summed E-state index contributed by atoms with van der Waals surface area (Å²) in [6.45, 7) is 1.70. The fraction of sp³-hybridized carbons (Fsp3) is 0.133. The second-order valence-electron chi connectivity index (χ2n) is 4.47. The van der Waals surface area contributed by atoms with Crippen molar-refractivity contribution in [3.8, 4) is 0 Å². The van der Waals surface area contributed by atoms with Gasteiger partial charge in [-0.15, -0.1) is 0 Å². The number of halogens is 2. The number of nitrogens with one attached hydrogen (secondary N) is 1. The summed E-state index contributed by atoms with van der Waals surface area (Å²) in [5.74, 6) is -2.55. The minimum atomic E-state index is -0.994. The molecule has 0 aliphatic rings.